The first-order valence-electron chi connectivity index (χ1n) is 7.02. The van der Waals surface area contributed by atoms with Crippen LogP contribution in [-0.4, -0.2) is 65.9 Å². The first kappa shape index (κ1) is 18.6. The minimum Gasteiger partial charge on any atom is -0.475 e. The Bertz CT molecular complexity index is 847. The highest BCUT2D eigenvalue weighted by atomic mass is 79.9. The molecule has 0 spiro atoms. The van der Waals surface area contributed by atoms with Gasteiger partial charge in [-0.15, -0.1) is 14.8 Å². The summed E-state index contributed by atoms with van der Waals surface area (Å²) in [7, 11) is -0.176. The van der Waals surface area contributed by atoms with Crippen LogP contribution in [0.1, 0.15) is 13.8 Å². The van der Waals surface area contributed by atoms with E-state index in [0.717, 1.165) is 0 Å². The third-order valence-corrected chi connectivity index (χ3v) is 4.94. The number of fused-ring (bicyclic) bond motifs is 1. The topological polar surface area (TPSA) is 102 Å². The first-order chi connectivity index (χ1) is 11.1. The lowest BCUT2D eigenvalue weighted by Crippen LogP contribution is -2.30. The molecule has 0 aliphatic heterocycles. The molecule has 0 amide bonds. The van der Waals surface area contributed by atoms with Gasteiger partial charge in [-0.1, -0.05) is 13.8 Å². The molecule has 0 radical (unpaired) electrons. The summed E-state index contributed by atoms with van der Waals surface area (Å²) in [4.78, 5) is 5.58. The van der Waals surface area contributed by atoms with E-state index in [-0.39, 0.29) is 12.4 Å². The molecule has 24 heavy (non-hydrogen) atoms. The van der Waals surface area contributed by atoms with Gasteiger partial charge in [0.2, 0.25) is 5.88 Å². The third-order valence-electron chi connectivity index (χ3n) is 2.81. The number of aromatic nitrogens is 4. The van der Waals surface area contributed by atoms with Crippen LogP contribution in [0.5, 0.6) is 5.88 Å². The molecule has 0 aliphatic rings. The fraction of sp³-hybridized carbons (Fsp3) is 0.538. The average molecular weight is 419 g/mol. The van der Waals surface area contributed by atoms with Gasteiger partial charge in [0.05, 0.1) is 16.8 Å². The number of halogens is 1. The van der Waals surface area contributed by atoms with Crippen molar-refractivity contribution in [2.45, 2.75) is 13.8 Å². The molecule has 0 aromatic carbocycles. The van der Waals surface area contributed by atoms with Gasteiger partial charge < -0.3 is 9.64 Å². The second kappa shape index (κ2) is 7.01. The molecule has 0 bridgehead atoms. The lowest BCUT2D eigenvalue weighted by molar-refractivity contribution is 0.189. The molecule has 0 N–H and O–H groups in total. The minimum atomic E-state index is -3.59. The average Bonchev–Trinajstić information content (AvgIpc) is 2.89. The lowest BCUT2D eigenvalue weighted by Gasteiger charge is -2.23. The molecule has 2 rings (SSSR count). The predicted molar refractivity (Wildman–Crippen MR) is 93.7 cm³/mol. The van der Waals surface area contributed by atoms with E-state index in [1.54, 1.807) is 38.9 Å². The molecule has 0 atom stereocenters. The summed E-state index contributed by atoms with van der Waals surface area (Å²) in [6, 6.07) is 1.72. The van der Waals surface area contributed by atoms with Gasteiger partial charge in [0.1, 0.15) is 12.7 Å². The van der Waals surface area contributed by atoms with E-state index >= 15 is 0 Å². The van der Waals surface area contributed by atoms with Crippen molar-refractivity contribution < 1.29 is 13.2 Å². The van der Waals surface area contributed by atoms with Gasteiger partial charge in [0.15, 0.2) is 5.65 Å². The van der Waals surface area contributed by atoms with Crippen molar-refractivity contribution in [3.63, 3.8) is 0 Å². The highest BCUT2D eigenvalue weighted by Gasteiger charge is 2.27. The summed E-state index contributed by atoms with van der Waals surface area (Å²) in [5.41, 5.74) is -0.0740. The highest BCUT2D eigenvalue weighted by Crippen LogP contribution is 2.26. The number of rotatable bonds is 7. The zero-order valence-electron chi connectivity index (χ0n) is 13.8. The van der Waals surface area contributed by atoms with Crippen LogP contribution in [0.4, 0.5) is 0 Å². The number of ether oxygens (including phenoxy) is 1. The van der Waals surface area contributed by atoms with Crippen LogP contribution in [0.3, 0.4) is 0 Å². The normalized spacial score (nSPS) is 12.9. The molecule has 0 fully saturated rings. The Labute approximate surface area is 148 Å². The smallest absolute Gasteiger partial charge is 0.255 e. The maximum absolute atomic E-state index is 12.0. The molecule has 11 heteroatoms. The van der Waals surface area contributed by atoms with Crippen LogP contribution in [-0.2, 0) is 10.0 Å². The van der Waals surface area contributed by atoms with Gasteiger partial charge in [-0.05, 0) is 15.9 Å². The summed E-state index contributed by atoms with van der Waals surface area (Å²) in [5, 5.41) is 8.12. The summed E-state index contributed by atoms with van der Waals surface area (Å²) in [6.07, 6.45) is 2.65. The molecule has 2 heterocycles. The number of nitrogens with zero attached hydrogens (tertiary/aromatic N) is 6. The molecule has 0 saturated heterocycles. The van der Waals surface area contributed by atoms with Gasteiger partial charge in [0.25, 0.3) is 10.0 Å². The van der Waals surface area contributed by atoms with Crippen molar-refractivity contribution >= 4 is 37.9 Å². The Morgan fingerprint density at radius 3 is 2.83 bits per heavy atom. The third kappa shape index (κ3) is 5.13. The van der Waals surface area contributed by atoms with E-state index in [1.165, 1.54) is 17.3 Å². The fourth-order valence-electron chi connectivity index (χ4n) is 1.83. The number of hydrogen-bond acceptors (Lipinski definition) is 6. The fourth-order valence-corrected chi connectivity index (χ4v) is 3.70. The standard InChI is InChI=1S/C13H19BrN6O3S/c1-13(2,7-24(21,22)17-9-19(3)4)6-23-12-10(14)5-11-15-8-16-20(11)18-12/h5,8-9H,6-7H2,1-4H3/b17-9+. The first-order valence-corrected chi connectivity index (χ1v) is 9.42. The van der Waals surface area contributed by atoms with Gasteiger partial charge in [-0.3, -0.25) is 0 Å². The molecular formula is C13H19BrN6O3S. The Morgan fingerprint density at radius 2 is 2.17 bits per heavy atom. The Hall–Kier alpha value is -1.75. The van der Waals surface area contributed by atoms with Crippen molar-refractivity contribution in [3.05, 3.63) is 16.9 Å². The van der Waals surface area contributed by atoms with E-state index in [9.17, 15) is 8.42 Å². The SMILES string of the molecule is CN(C)/C=N/S(=O)(=O)CC(C)(C)COc1nn2ncnc2cc1Br. The molecule has 0 unspecified atom stereocenters. The summed E-state index contributed by atoms with van der Waals surface area (Å²) in [6.45, 7) is 3.73. The largest absolute Gasteiger partial charge is 0.475 e. The molecule has 0 aliphatic carbocycles. The predicted octanol–water partition coefficient (Wildman–Crippen LogP) is 1.21. The maximum Gasteiger partial charge on any atom is 0.255 e. The Balaban J connectivity index is 2.07. The molecule has 132 valence electrons. The van der Waals surface area contributed by atoms with Crippen molar-refractivity contribution in [2.75, 3.05) is 26.5 Å². The van der Waals surface area contributed by atoms with Crippen LogP contribution < -0.4 is 4.74 Å². The Kier molecular flexibility index (Phi) is 5.43. The van der Waals surface area contributed by atoms with Crippen LogP contribution in [0, 0.1) is 5.41 Å². The summed E-state index contributed by atoms with van der Waals surface area (Å²) < 4.78 is 35.3. The van der Waals surface area contributed by atoms with E-state index in [0.29, 0.717) is 16.0 Å². The van der Waals surface area contributed by atoms with Crippen LogP contribution in [0.25, 0.3) is 5.65 Å². The molecular weight excluding hydrogens is 400 g/mol. The minimum absolute atomic E-state index is 0.145. The van der Waals surface area contributed by atoms with Gasteiger partial charge in [-0.2, -0.15) is 4.40 Å². The zero-order chi connectivity index (χ0) is 18.0. The van der Waals surface area contributed by atoms with E-state index in [4.69, 9.17) is 4.74 Å². The monoisotopic (exact) mass is 418 g/mol. The van der Waals surface area contributed by atoms with E-state index in [2.05, 4.69) is 35.5 Å². The van der Waals surface area contributed by atoms with Crippen LogP contribution in [0.15, 0.2) is 21.3 Å². The molecule has 9 nitrogen and oxygen atoms in total. The van der Waals surface area contributed by atoms with E-state index in [1.807, 2.05) is 0 Å². The van der Waals surface area contributed by atoms with Crippen molar-refractivity contribution in [2.24, 2.45) is 9.81 Å². The second-order valence-electron chi connectivity index (χ2n) is 6.27. The van der Waals surface area contributed by atoms with Gasteiger partial charge >= 0.3 is 0 Å². The van der Waals surface area contributed by atoms with Gasteiger partial charge in [0, 0.05) is 25.6 Å². The Morgan fingerprint density at radius 1 is 1.46 bits per heavy atom. The summed E-state index contributed by atoms with van der Waals surface area (Å²) in [5.74, 6) is 0.170. The van der Waals surface area contributed by atoms with Crippen LogP contribution >= 0.6 is 15.9 Å². The zero-order valence-corrected chi connectivity index (χ0v) is 16.2. The second-order valence-corrected chi connectivity index (χ2v) is 8.79. The van der Waals surface area contributed by atoms with Crippen LogP contribution in [0.2, 0.25) is 0 Å². The summed E-state index contributed by atoms with van der Waals surface area (Å²) >= 11 is 3.36. The number of hydrogen-bond donors (Lipinski definition) is 0. The van der Waals surface area contributed by atoms with E-state index < -0.39 is 15.4 Å². The molecule has 2 aromatic heterocycles. The van der Waals surface area contributed by atoms with Gasteiger partial charge in [-0.25, -0.2) is 13.4 Å². The molecule has 2 aromatic rings. The quantitative estimate of drug-likeness (QED) is 0.491. The van der Waals surface area contributed by atoms with Crippen molar-refractivity contribution in [1.29, 1.82) is 0 Å². The lowest BCUT2D eigenvalue weighted by atomic mass is 9.98. The maximum atomic E-state index is 12.0. The van der Waals surface area contributed by atoms with Crippen molar-refractivity contribution in [1.82, 2.24) is 24.7 Å². The van der Waals surface area contributed by atoms with Crippen molar-refractivity contribution in [3.8, 4) is 5.88 Å². The highest BCUT2D eigenvalue weighted by molar-refractivity contribution is 9.10. The molecule has 0 saturated carbocycles. The number of sulfonamides is 1.